The van der Waals surface area contributed by atoms with Gasteiger partial charge in [0.1, 0.15) is 0 Å². The Hall–Kier alpha value is -0.810. The van der Waals surface area contributed by atoms with Gasteiger partial charge in [0.05, 0.1) is 12.6 Å². The van der Waals surface area contributed by atoms with Crippen LogP contribution in [0.25, 0.3) is 0 Å². The predicted octanol–water partition coefficient (Wildman–Crippen LogP) is 1.16. The van der Waals surface area contributed by atoms with Crippen LogP contribution in [0.3, 0.4) is 0 Å². The Balaban J connectivity index is 0.00000144. The molecule has 6 heteroatoms. The molecular weight excluding hydrogens is 302 g/mol. The average molecular weight is 328 g/mol. The van der Waals surface area contributed by atoms with E-state index in [2.05, 4.69) is 5.32 Å². The molecule has 2 amide bonds. The first-order valence-corrected chi connectivity index (χ1v) is 8.56. The van der Waals surface area contributed by atoms with E-state index in [1.807, 2.05) is 4.90 Å². The minimum atomic E-state index is -0.0432. The highest BCUT2D eigenvalue weighted by Crippen LogP contribution is 2.34. The predicted molar refractivity (Wildman–Crippen MR) is 85.8 cm³/mol. The van der Waals surface area contributed by atoms with E-state index in [4.69, 9.17) is 0 Å². The van der Waals surface area contributed by atoms with Crippen LogP contribution in [-0.4, -0.2) is 59.4 Å². The number of nitrogens with zero attached hydrogens (tertiary/aromatic N) is 2. The number of nitrogens with one attached hydrogen (secondary N) is 1. The second-order valence-corrected chi connectivity index (χ2v) is 7.18. The molecule has 0 aromatic carbocycles. The first-order valence-electron chi connectivity index (χ1n) is 8.56. The highest BCUT2D eigenvalue weighted by molar-refractivity contribution is 5.89. The highest BCUT2D eigenvalue weighted by atomic mass is 35.5. The minimum absolute atomic E-state index is 0. The molecule has 0 aromatic rings. The molecule has 4 aliphatic rings. The van der Waals surface area contributed by atoms with Crippen molar-refractivity contribution >= 4 is 24.2 Å². The van der Waals surface area contributed by atoms with Gasteiger partial charge in [-0.15, -0.1) is 12.4 Å². The Labute approximate surface area is 138 Å². The fourth-order valence-corrected chi connectivity index (χ4v) is 4.38. The van der Waals surface area contributed by atoms with Crippen LogP contribution in [0, 0.1) is 5.92 Å². The summed E-state index contributed by atoms with van der Waals surface area (Å²) in [5, 5.41) is 3.53. The standard InChI is InChI=1S/C16H25N3O2.ClH/c20-15-10-18(7-8-19(15)12-5-6-12)16(21)14-9-11-3-1-2-4-13(11)17-14;/h11-14,17H,1-10H2;1H. The number of piperazine rings is 1. The van der Waals surface area contributed by atoms with Crippen LogP contribution in [0.1, 0.15) is 44.9 Å². The molecule has 0 spiro atoms. The Kier molecular flexibility index (Phi) is 4.64. The lowest BCUT2D eigenvalue weighted by Gasteiger charge is -2.35. The summed E-state index contributed by atoms with van der Waals surface area (Å²) >= 11 is 0. The van der Waals surface area contributed by atoms with E-state index in [9.17, 15) is 9.59 Å². The molecule has 22 heavy (non-hydrogen) atoms. The quantitative estimate of drug-likeness (QED) is 0.828. The van der Waals surface area contributed by atoms with Gasteiger partial charge in [-0.3, -0.25) is 9.59 Å². The summed E-state index contributed by atoms with van der Waals surface area (Å²) in [5.41, 5.74) is 0. The van der Waals surface area contributed by atoms with Crippen molar-refractivity contribution in [2.24, 2.45) is 5.92 Å². The van der Waals surface area contributed by atoms with Gasteiger partial charge in [0, 0.05) is 25.2 Å². The van der Waals surface area contributed by atoms with E-state index < -0.39 is 0 Å². The van der Waals surface area contributed by atoms with Gasteiger partial charge in [0.2, 0.25) is 11.8 Å². The van der Waals surface area contributed by atoms with Crippen molar-refractivity contribution in [3.8, 4) is 0 Å². The van der Waals surface area contributed by atoms with E-state index in [-0.39, 0.29) is 30.3 Å². The molecule has 2 saturated carbocycles. The van der Waals surface area contributed by atoms with E-state index in [1.54, 1.807) is 4.90 Å². The van der Waals surface area contributed by atoms with Crippen molar-refractivity contribution in [3.05, 3.63) is 0 Å². The van der Waals surface area contributed by atoms with Crippen molar-refractivity contribution in [1.29, 1.82) is 0 Å². The summed E-state index contributed by atoms with van der Waals surface area (Å²) < 4.78 is 0. The third-order valence-electron chi connectivity index (χ3n) is 5.72. The maximum atomic E-state index is 12.7. The van der Waals surface area contributed by atoms with E-state index >= 15 is 0 Å². The van der Waals surface area contributed by atoms with Crippen LogP contribution in [-0.2, 0) is 9.59 Å². The van der Waals surface area contributed by atoms with Crippen LogP contribution < -0.4 is 5.32 Å². The second-order valence-electron chi connectivity index (χ2n) is 7.18. The maximum absolute atomic E-state index is 12.7. The van der Waals surface area contributed by atoms with E-state index in [0.29, 0.717) is 31.1 Å². The number of halogens is 1. The zero-order valence-electron chi connectivity index (χ0n) is 13.0. The van der Waals surface area contributed by atoms with Gasteiger partial charge in [0.25, 0.3) is 0 Å². The average Bonchev–Trinajstić information content (AvgIpc) is 3.24. The molecule has 4 rings (SSSR count). The SMILES string of the molecule is Cl.O=C(C1CC2CCCCC2N1)N1CCN(C2CC2)C(=O)C1. The zero-order valence-corrected chi connectivity index (χ0v) is 13.8. The molecular formula is C16H26ClN3O2. The molecule has 2 aliphatic carbocycles. The van der Waals surface area contributed by atoms with E-state index in [1.165, 1.54) is 25.7 Å². The van der Waals surface area contributed by atoms with Crippen molar-refractivity contribution in [1.82, 2.24) is 15.1 Å². The Morgan fingerprint density at radius 3 is 2.55 bits per heavy atom. The third-order valence-corrected chi connectivity index (χ3v) is 5.72. The smallest absolute Gasteiger partial charge is 0.242 e. The highest BCUT2D eigenvalue weighted by Gasteiger charge is 2.42. The summed E-state index contributed by atoms with van der Waals surface area (Å²) in [6.45, 7) is 1.74. The lowest BCUT2D eigenvalue weighted by Crippen LogP contribution is -2.56. The molecule has 2 aliphatic heterocycles. The second kappa shape index (κ2) is 6.36. The molecule has 1 N–H and O–H groups in total. The minimum Gasteiger partial charge on any atom is -0.336 e. The first-order chi connectivity index (χ1) is 10.2. The van der Waals surface area contributed by atoms with Crippen molar-refractivity contribution in [2.45, 2.75) is 63.1 Å². The summed E-state index contributed by atoms with van der Waals surface area (Å²) in [6.07, 6.45) is 8.33. The molecule has 0 radical (unpaired) electrons. The number of amides is 2. The molecule has 2 heterocycles. The summed E-state index contributed by atoms with van der Waals surface area (Å²) in [7, 11) is 0. The molecule has 0 bridgehead atoms. The monoisotopic (exact) mass is 327 g/mol. The molecule has 3 atom stereocenters. The van der Waals surface area contributed by atoms with Gasteiger partial charge in [-0.05, 0) is 38.0 Å². The Bertz CT molecular complexity index is 441. The maximum Gasteiger partial charge on any atom is 0.242 e. The summed E-state index contributed by atoms with van der Waals surface area (Å²) in [6, 6.07) is 0.969. The normalized spacial score (nSPS) is 35.1. The van der Waals surface area contributed by atoms with Crippen LogP contribution in [0.2, 0.25) is 0 Å². The first kappa shape index (κ1) is 16.1. The number of hydrogen-bond donors (Lipinski definition) is 1. The van der Waals surface area contributed by atoms with Gasteiger partial charge in [-0.1, -0.05) is 12.8 Å². The molecule has 0 aromatic heterocycles. The van der Waals surface area contributed by atoms with Crippen molar-refractivity contribution in [2.75, 3.05) is 19.6 Å². The van der Waals surface area contributed by atoms with Crippen LogP contribution in [0.4, 0.5) is 0 Å². The Morgan fingerprint density at radius 1 is 1.09 bits per heavy atom. The van der Waals surface area contributed by atoms with Gasteiger partial charge in [0.15, 0.2) is 0 Å². The van der Waals surface area contributed by atoms with Crippen molar-refractivity contribution in [3.63, 3.8) is 0 Å². The molecule has 5 nitrogen and oxygen atoms in total. The number of fused-ring (bicyclic) bond motifs is 1. The van der Waals surface area contributed by atoms with Crippen LogP contribution in [0.5, 0.6) is 0 Å². The molecule has 4 fully saturated rings. The van der Waals surface area contributed by atoms with E-state index in [0.717, 1.165) is 25.8 Å². The molecule has 3 unspecified atom stereocenters. The number of rotatable bonds is 2. The largest absolute Gasteiger partial charge is 0.336 e. The van der Waals surface area contributed by atoms with Crippen LogP contribution >= 0.6 is 12.4 Å². The number of carbonyl (C=O) groups excluding carboxylic acids is 2. The topological polar surface area (TPSA) is 52.7 Å². The van der Waals surface area contributed by atoms with Gasteiger partial charge in [-0.2, -0.15) is 0 Å². The summed E-state index contributed by atoms with van der Waals surface area (Å²) in [4.78, 5) is 28.6. The zero-order chi connectivity index (χ0) is 14.4. The fraction of sp³-hybridized carbons (Fsp3) is 0.875. The van der Waals surface area contributed by atoms with Crippen LogP contribution in [0.15, 0.2) is 0 Å². The van der Waals surface area contributed by atoms with Gasteiger partial charge in [-0.25, -0.2) is 0 Å². The third kappa shape index (κ3) is 2.98. The number of carbonyl (C=O) groups is 2. The molecule has 2 saturated heterocycles. The molecule has 124 valence electrons. The number of hydrogen-bond acceptors (Lipinski definition) is 3. The Morgan fingerprint density at radius 2 is 1.86 bits per heavy atom. The lowest BCUT2D eigenvalue weighted by molar-refractivity contribution is -0.146. The van der Waals surface area contributed by atoms with Gasteiger partial charge < -0.3 is 15.1 Å². The fourth-order valence-electron chi connectivity index (χ4n) is 4.38. The lowest BCUT2D eigenvalue weighted by atomic mass is 9.85. The van der Waals surface area contributed by atoms with Gasteiger partial charge >= 0.3 is 0 Å². The van der Waals surface area contributed by atoms with Crippen molar-refractivity contribution < 1.29 is 9.59 Å². The summed E-state index contributed by atoms with van der Waals surface area (Å²) in [5.74, 6) is 0.983.